The number of nitriles is 1. The second-order valence-electron chi connectivity index (χ2n) is 6.02. The van der Waals surface area contributed by atoms with Gasteiger partial charge < -0.3 is 14.8 Å². The molecule has 6 nitrogen and oxygen atoms in total. The molecule has 1 aliphatic heterocycles. The Kier molecular flexibility index (Phi) is 5.72. The molecule has 1 heterocycles. The van der Waals surface area contributed by atoms with E-state index in [-0.39, 0.29) is 12.5 Å². The predicted molar refractivity (Wildman–Crippen MR) is 98.2 cm³/mol. The van der Waals surface area contributed by atoms with Crippen LogP contribution in [0.15, 0.2) is 42.5 Å². The van der Waals surface area contributed by atoms with Crippen molar-refractivity contribution in [1.29, 1.82) is 5.26 Å². The van der Waals surface area contributed by atoms with Crippen LogP contribution in [0.2, 0.25) is 0 Å². The summed E-state index contributed by atoms with van der Waals surface area (Å²) in [6.07, 6.45) is 0. The first-order valence-corrected chi connectivity index (χ1v) is 8.59. The van der Waals surface area contributed by atoms with Crippen LogP contribution < -0.4 is 14.8 Å². The molecule has 0 spiro atoms. The Morgan fingerprint density at radius 3 is 2.77 bits per heavy atom. The molecule has 0 atom stereocenters. The molecular formula is C20H21N3O3. The van der Waals surface area contributed by atoms with Crippen molar-refractivity contribution in [2.45, 2.75) is 13.5 Å². The molecule has 26 heavy (non-hydrogen) atoms. The van der Waals surface area contributed by atoms with Crippen LogP contribution >= 0.6 is 0 Å². The topological polar surface area (TPSA) is 74.6 Å². The molecular weight excluding hydrogens is 330 g/mol. The minimum Gasteiger partial charge on any atom is -0.486 e. The highest BCUT2D eigenvalue weighted by Gasteiger charge is 2.14. The number of rotatable bonds is 6. The molecule has 0 aromatic heterocycles. The summed E-state index contributed by atoms with van der Waals surface area (Å²) in [5.74, 6) is 1.25. The van der Waals surface area contributed by atoms with Gasteiger partial charge in [0.15, 0.2) is 11.5 Å². The Morgan fingerprint density at radius 1 is 1.19 bits per heavy atom. The van der Waals surface area contributed by atoms with Crippen molar-refractivity contribution in [3.63, 3.8) is 0 Å². The molecule has 6 heteroatoms. The molecule has 134 valence electrons. The van der Waals surface area contributed by atoms with Gasteiger partial charge in [-0.05, 0) is 36.4 Å². The van der Waals surface area contributed by atoms with Crippen molar-refractivity contribution in [3.05, 3.63) is 53.6 Å². The molecule has 1 amide bonds. The molecule has 0 saturated heterocycles. The number of hydrogen-bond donors (Lipinski definition) is 1. The first-order valence-electron chi connectivity index (χ1n) is 8.59. The number of ether oxygens (including phenoxy) is 2. The molecule has 0 aliphatic carbocycles. The number of nitrogens with one attached hydrogen (secondary N) is 1. The highest BCUT2D eigenvalue weighted by molar-refractivity contribution is 5.92. The molecule has 0 saturated carbocycles. The van der Waals surface area contributed by atoms with E-state index in [0.29, 0.717) is 42.5 Å². The SMILES string of the molecule is CCN(CC(=O)Nc1ccc2c(c1)OCCO2)Cc1cccc(C#N)c1. The van der Waals surface area contributed by atoms with Crippen LogP contribution in [0.5, 0.6) is 11.5 Å². The lowest BCUT2D eigenvalue weighted by atomic mass is 10.1. The lowest BCUT2D eigenvalue weighted by Crippen LogP contribution is -2.32. The van der Waals surface area contributed by atoms with Crippen molar-refractivity contribution in [2.24, 2.45) is 0 Å². The van der Waals surface area contributed by atoms with Gasteiger partial charge in [-0.3, -0.25) is 9.69 Å². The number of amides is 1. The molecule has 0 unspecified atom stereocenters. The van der Waals surface area contributed by atoms with Gasteiger partial charge in [0.05, 0.1) is 18.2 Å². The van der Waals surface area contributed by atoms with Gasteiger partial charge >= 0.3 is 0 Å². The van der Waals surface area contributed by atoms with Crippen molar-refractivity contribution < 1.29 is 14.3 Å². The van der Waals surface area contributed by atoms with E-state index < -0.39 is 0 Å². The van der Waals surface area contributed by atoms with Crippen LogP contribution in [-0.2, 0) is 11.3 Å². The van der Waals surface area contributed by atoms with Gasteiger partial charge in [-0.2, -0.15) is 5.26 Å². The number of likely N-dealkylation sites (N-methyl/N-ethyl adjacent to an activating group) is 1. The zero-order valence-electron chi connectivity index (χ0n) is 14.7. The van der Waals surface area contributed by atoms with Crippen LogP contribution in [0, 0.1) is 11.3 Å². The molecule has 0 radical (unpaired) electrons. The van der Waals surface area contributed by atoms with Crippen molar-refractivity contribution in [2.75, 3.05) is 31.6 Å². The van der Waals surface area contributed by atoms with E-state index in [1.165, 1.54) is 0 Å². The second-order valence-corrected chi connectivity index (χ2v) is 6.02. The van der Waals surface area contributed by atoms with E-state index >= 15 is 0 Å². The lowest BCUT2D eigenvalue weighted by molar-refractivity contribution is -0.117. The third-order valence-corrected chi connectivity index (χ3v) is 4.10. The van der Waals surface area contributed by atoms with Gasteiger partial charge in [0, 0.05) is 18.3 Å². The van der Waals surface area contributed by atoms with E-state index in [1.807, 2.05) is 30.0 Å². The number of hydrogen-bond acceptors (Lipinski definition) is 5. The zero-order chi connectivity index (χ0) is 18.4. The summed E-state index contributed by atoms with van der Waals surface area (Å²) >= 11 is 0. The summed E-state index contributed by atoms with van der Waals surface area (Å²) in [6, 6.07) is 15.0. The zero-order valence-corrected chi connectivity index (χ0v) is 14.7. The Labute approximate surface area is 152 Å². The van der Waals surface area contributed by atoms with Crippen LogP contribution in [-0.4, -0.2) is 37.1 Å². The number of carbonyl (C=O) groups is 1. The predicted octanol–water partition coefficient (Wildman–Crippen LogP) is 2.79. The average Bonchev–Trinajstić information content (AvgIpc) is 2.67. The average molecular weight is 351 g/mol. The third kappa shape index (κ3) is 4.52. The highest BCUT2D eigenvalue weighted by Crippen LogP contribution is 2.32. The summed E-state index contributed by atoms with van der Waals surface area (Å²) < 4.78 is 11.0. The Bertz CT molecular complexity index is 829. The number of carbonyl (C=O) groups excluding carboxylic acids is 1. The van der Waals surface area contributed by atoms with Gasteiger partial charge in [-0.25, -0.2) is 0 Å². The second kappa shape index (κ2) is 8.37. The maximum Gasteiger partial charge on any atom is 0.238 e. The smallest absolute Gasteiger partial charge is 0.238 e. The van der Waals surface area contributed by atoms with Crippen LogP contribution in [0.3, 0.4) is 0 Å². The summed E-state index contributed by atoms with van der Waals surface area (Å²) in [4.78, 5) is 14.4. The first kappa shape index (κ1) is 17.8. The van der Waals surface area contributed by atoms with Gasteiger partial charge in [0.2, 0.25) is 5.91 Å². The fraction of sp³-hybridized carbons (Fsp3) is 0.300. The first-order chi connectivity index (χ1) is 12.7. The fourth-order valence-corrected chi connectivity index (χ4v) is 2.80. The number of benzene rings is 2. The third-order valence-electron chi connectivity index (χ3n) is 4.10. The van der Waals surface area contributed by atoms with E-state index in [0.717, 1.165) is 12.1 Å². The van der Waals surface area contributed by atoms with Gasteiger partial charge in [0.1, 0.15) is 13.2 Å². The van der Waals surface area contributed by atoms with Crippen molar-refractivity contribution in [1.82, 2.24) is 4.90 Å². The Morgan fingerprint density at radius 2 is 2.00 bits per heavy atom. The normalized spacial score (nSPS) is 12.5. The van der Waals surface area contributed by atoms with Crippen molar-refractivity contribution in [3.8, 4) is 17.6 Å². The summed E-state index contributed by atoms with van der Waals surface area (Å²) in [5.41, 5.74) is 2.32. The van der Waals surface area contributed by atoms with E-state index in [4.69, 9.17) is 14.7 Å². The molecule has 1 N–H and O–H groups in total. The molecule has 2 aromatic rings. The number of nitrogens with zero attached hydrogens (tertiary/aromatic N) is 2. The Hall–Kier alpha value is -3.04. The molecule has 0 bridgehead atoms. The van der Waals surface area contributed by atoms with E-state index in [1.54, 1.807) is 24.3 Å². The lowest BCUT2D eigenvalue weighted by Gasteiger charge is -2.21. The minimum atomic E-state index is -0.0973. The van der Waals surface area contributed by atoms with Crippen LogP contribution in [0.4, 0.5) is 5.69 Å². The summed E-state index contributed by atoms with van der Waals surface area (Å²) in [5, 5.41) is 11.9. The fourth-order valence-electron chi connectivity index (χ4n) is 2.80. The number of fused-ring (bicyclic) bond motifs is 1. The number of anilines is 1. The Balaban J connectivity index is 1.59. The highest BCUT2D eigenvalue weighted by atomic mass is 16.6. The molecule has 1 aliphatic rings. The van der Waals surface area contributed by atoms with E-state index in [9.17, 15) is 4.79 Å². The van der Waals surface area contributed by atoms with Crippen LogP contribution in [0.1, 0.15) is 18.1 Å². The molecule has 0 fully saturated rings. The van der Waals surface area contributed by atoms with Crippen LogP contribution in [0.25, 0.3) is 0 Å². The largest absolute Gasteiger partial charge is 0.486 e. The van der Waals surface area contributed by atoms with Crippen molar-refractivity contribution >= 4 is 11.6 Å². The minimum absolute atomic E-state index is 0.0973. The standard InChI is InChI=1S/C20H21N3O3/c1-2-23(13-16-5-3-4-15(10-16)12-21)14-20(24)22-17-6-7-18-19(11-17)26-9-8-25-18/h3-7,10-11H,2,8-9,13-14H2,1H3,(H,22,24). The van der Waals surface area contributed by atoms with Gasteiger partial charge in [-0.1, -0.05) is 19.1 Å². The van der Waals surface area contributed by atoms with Gasteiger partial charge in [0.25, 0.3) is 0 Å². The quantitative estimate of drug-likeness (QED) is 0.866. The maximum absolute atomic E-state index is 12.4. The molecule has 3 rings (SSSR count). The summed E-state index contributed by atoms with van der Waals surface area (Å²) in [6.45, 7) is 4.66. The monoisotopic (exact) mass is 351 g/mol. The van der Waals surface area contributed by atoms with E-state index in [2.05, 4.69) is 11.4 Å². The molecule has 2 aromatic carbocycles. The maximum atomic E-state index is 12.4. The summed E-state index contributed by atoms with van der Waals surface area (Å²) in [7, 11) is 0. The van der Waals surface area contributed by atoms with Gasteiger partial charge in [-0.15, -0.1) is 0 Å².